The highest BCUT2D eigenvalue weighted by atomic mass is 19.1. The smallest absolute Gasteiger partial charge is 0.128 e. The van der Waals surface area contributed by atoms with Crippen molar-refractivity contribution in [3.8, 4) is 0 Å². The number of hydrogen-bond donors (Lipinski definition) is 1. The molecule has 0 saturated heterocycles. The fourth-order valence-electron chi connectivity index (χ4n) is 1.76. The third kappa shape index (κ3) is 4.75. The van der Waals surface area contributed by atoms with Crippen molar-refractivity contribution < 1.29 is 9.13 Å². The largest absolute Gasteiger partial charge is 0.375 e. The maximum atomic E-state index is 13.4. The van der Waals surface area contributed by atoms with E-state index < -0.39 is 0 Å². The Bertz CT molecular complexity index is 360. The molecule has 0 spiro atoms. The molecule has 0 heterocycles. The van der Waals surface area contributed by atoms with Gasteiger partial charge < -0.3 is 10.1 Å². The molecule has 2 nitrogen and oxygen atoms in total. The normalized spacial score (nSPS) is 13.6. The lowest BCUT2D eigenvalue weighted by molar-refractivity contribution is 0.0645. The first-order valence-corrected chi connectivity index (χ1v) is 6.49. The van der Waals surface area contributed by atoms with Gasteiger partial charge in [0.15, 0.2) is 0 Å². The minimum absolute atomic E-state index is 0.130. The van der Waals surface area contributed by atoms with Crippen LogP contribution in [0.25, 0.3) is 0 Å². The van der Waals surface area contributed by atoms with E-state index >= 15 is 0 Å². The van der Waals surface area contributed by atoms with Gasteiger partial charge >= 0.3 is 0 Å². The maximum absolute atomic E-state index is 13.4. The second kappa shape index (κ2) is 6.86. The first-order chi connectivity index (χ1) is 8.45. The van der Waals surface area contributed by atoms with Crippen molar-refractivity contribution in [2.45, 2.75) is 40.3 Å². The minimum atomic E-state index is -0.201. The van der Waals surface area contributed by atoms with E-state index in [1.54, 1.807) is 12.1 Å². The second-order valence-corrected chi connectivity index (χ2v) is 5.58. The number of likely N-dealkylation sites (N-methyl/N-ethyl adjacent to an activating group) is 1. The van der Waals surface area contributed by atoms with Crippen LogP contribution < -0.4 is 5.32 Å². The predicted octanol–water partition coefficient (Wildman–Crippen LogP) is 3.37. The van der Waals surface area contributed by atoms with Crippen LogP contribution in [-0.4, -0.2) is 19.2 Å². The van der Waals surface area contributed by atoms with Crippen molar-refractivity contribution >= 4 is 0 Å². The van der Waals surface area contributed by atoms with E-state index in [1.807, 2.05) is 6.07 Å². The van der Waals surface area contributed by atoms with Gasteiger partial charge in [-0.3, -0.25) is 0 Å². The molecule has 0 aliphatic carbocycles. The van der Waals surface area contributed by atoms with Gasteiger partial charge in [-0.15, -0.1) is 0 Å². The Kier molecular flexibility index (Phi) is 5.76. The Morgan fingerprint density at radius 2 is 1.94 bits per heavy atom. The zero-order chi connectivity index (χ0) is 13.6. The molecule has 0 aliphatic rings. The standard InChI is InChI=1S/C15H24FNO/c1-5-17-14(15(2,3)4)11-18-10-12-8-6-7-9-13(12)16/h6-9,14,17H,5,10-11H2,1-4H3. The molecule has 1 aromatic carbocycles. The van der Waals surface area contributed by atoms with Gasteiger partial charge in [0.25, 0.3) is 0 Å². The van der Waals surface area contributed by atoms with Gasteiger partial charge in [0.2, 0.25) is 0 Å². The van der Waals surface area contributed by atoms with Crippen LogP contribution in [0.4, 0.5) is 4.39 Å². The van der Waals surface area contributed by atoms with Gasteiger partial charge in [-0.05, 0) is 18.0 Å². The van der Waals surface area contributed by atoms with Crippen molar-refractivity contribution in [1.82, 2.24) is 5.32 Å². The molecule has 102 valence electrons. The van der Waals surface area contributed by atoms with Gasteiger partial charge in [-0.1, -0.05) is 45.9 Å². The molecule has 1 rings (SSSR count). The summed E-state index contributed by atoms with van der Waals surface area (Å²) in [5.41, 5.74) is 0.743. The Hall–Kier alpha value is -0.930. The fourth-order valence-corrected chi connectivity index (χ4v) is 1.76. The summed E-state index contributed by atoms with van der Waals surface area (Å²) in [6.45, 7) is 10.4. The number of halogens is 1. The molecular formula is C15H24FNO. The van der Waals surface area contributed by atoms with E-state index in [2.05, 4.69) is 33.0 Å². The molecule has 0 radical (unpaired) electrons. The summed E-state index contributed by atoms with van der Waals surface area (Å²) in [4.78, 5) is 0. The van der Waals surface area contributed by atoms with Gasteiger partial charge in [-0.2, -0.15) is 0 Å². The summed E-state index contributed by atoms with van der Waals surface area (Å²) in [5, 5.41) is 3.40. The van der Waals surface area contributed by atoms with Gasteiger partial charge in [0.05, 0.1) is 13.2 Å². The highest BCUT2D eigenvalue weighted by molar-refractivity contribution is 5.16. The molecule has 1 atom stereocenters. The maximum Gasteiger partial charge on any atom is 0.128 e. The molecule has 0 fully saturated rings. The van der Waals surface area contributed by atoms with Gasteiger partial charge in [-0.25, -0.2) is 4.39 Å². The third-order valence-corrected chi connectivity index (χ3v) is 3.00. The predicted molar refractivity (Wildman–Crippen MR) is 73.0 cm³/mol. The molecule has 0 amide bonds. The lowest BCUT2D eigenvalue weighted by Crippen LogP contribution is -2.43. The quantitative estimate of drug-likeness (QED) is 0.839. The third-order valence-electron chi connectivity index (χ3n) is 3.00. The number of nitrogens with one attached hydrogen (secondary N) is 1. The van der Waals surface area contributed by atoms with Crippen molar-refractivity contribution in [1.29, 1.82) is 0 Å². The van der Waals surface area contributed by atoms with E-state index in [-0.39, 0.29) is 17.3 Å². The second-order valence-electron chi connectivity index (χ2n) is 5.58. The molecular weight excluding hydrogens is 229 g/mol. The fraction of sp³-hybridized carbons (Fsp3) is 0.600. The van der Waals surface area contributed by atoms with Crippen LogP contribution in [0.3, 0.4) is 0 Å². The summed E-state index contributed by atoms with van der Waals surface area (Å²) < 4.78 is 19.0. The Morgan fingerprint density at radius 1 is 1.28 bits per heavy atom. The zero-order valence-electron chi connectivity index (χ0n) is 11.8. The SMILES string of the molecule is CCNC(COCc1ccccc1F)C(C)(C)C. The topological polar surface area (TPSA) is 21.3 Å². The van der Waals surface area contributed by atoms with E-state index in [4.69, 9.17) is 4.74 Å². The zero-order valence-corrected chi connectivity index (χ0v) is 11.8. The number of rotatable bonds is 6. The van der Waals surface area contributed by atoms with Gasteiger partial charge in [0, 0.05) is 11.6 Å². The number of ether oxygens (including phenoxy) is 1. The average Bonchev–Trinajstić information content (AvgIpc) is 2.29. The van der Waals surface area contributed by atoms with Crippen LogP contribution in [-0.2, 0) is 11.3 Å². The number of hydrogen-bond acceptors (Lipinski definition) is 2. The Labute approximate surface area is 110 Å². The molecule has 18 heavy (non-hydrogen) atoms. The minimum Gasteiger partial charge on any atom is -0.375 e. The van der Waals surface area contributed by atoms with E-state index in [0.29, 0.717) is 18.8 Å². The lowest BCUT2D eigenvalue weighted by atomic mass is 9.87. The highest BCUT2D eigenvalue weighted by Gasteiger charge is 2.23. The molecule has 3 heteroatoms. The summed E-state index contributed by atoms with van der Waals surface area (Å²) >= 11 is 0. The summed E-state index contributed by atoms with van der Waals surface area (Å²) in [5.74, 6) is -0.201. The van der Waals surface area contributed by atoms with Crippen LogP contribution in [0.5, 0.6) is 0 Å². The van der Waals surface area contributed by atoms with E-state index in [0.717, 1.165) is 6.54 Å². The lowest BCUT2D eigenvalue weighted by Gasteiger charge is -2.31. The van der Waals surface area contributed by atoms with Crippen molar-refractivity contribution in [2.24, 2.45) is 5.41 Å². The molecule has 0 bridgehead atoms. The monoisotopic (exact) mass is 253 g/mol. The average molecular weight is 253 g/mol. The molecule has 0 aromatic heterocycles. The Balaban J connectivity index is 2.47. The van der Waals surface area contributed by atoms with Gasteiger partial charge in [0.1, 0.15) is 5.82 Å². The van der Waals surface area contributed by atoms with Crippen molar-refractivity contribution in [3.05, 3.63) is 35.6 Å². The molecule has 1 aromatic rings. The van der Waals surface area contributed by atoms with Crippen molar-refractivity contribution in [2.75, 3.05) is 13.2 Å². The number of benzene rings is 1. The van der Waals surface area contributed by atoms with Crippen LogP contribution >= 0.6 is 0 Å². The first-order valence-electron chi connectivity index (χ1n) is 6.49. The van der Waals surface area contributed by atoms with Crippen LogP contribution in [0.2, 0.25) is 0 Å². The summed E-state index contributed by atoms with van der Waals surface area (Å²) in [7, 11) is 0. The van der Waals surface area contributed by atoms with Crippen molar-refractivity contribution in [3.63, 3.8) is 0 Å². The first kappa shape index (κ1) is 15.1. The summed E-state index contributed by atoms with van der Waals surface area (Å²) in [6.07, 6.45) is 0. The highest BCUT2D eigenvalue weighted by Crippen LogP contribution is 2.20. The molecule has 1 unspecified atom stereocenters. The molecule has 0 aliphatic heterocycles. The molecule has 1 N–H and O–H groups in total. The Morgan fingerprint density at radius 3 is 2.50 bits per heavy atom. The van der Waals surface area contributed by atoms with Crippen LogP contribution in [0.15, 0.2) is 24.3 Å². The van der Waals surface area contributed by atoms with Crippen LogP contribution in [0, 0.1) is 11.2 Å². The van der Waals surface area contributed by atoms with Crippen LogP contribution in [0.1, 0.15) is 33.3 Å². The van der Waals surface area contributed by atoms with E-state index in [9.17, 15) is 4.39 Å². The summed E-state index contributed by atoms with van der Waals surface area (Å²) in [6, 6.07) is 7.01. The van der Waals surface area contributed by atoms with E-state index in [1.165, 1.54) is 6.07 Å². The molecule has 0 saturated carbocycles.